The predicted molar refractivity (Wildman–Crippen MR) is 149 cm³/mol. The van der Waals surface area contributed by atoms with Gasteiger partial charge in [0, 0.05) is 18.7 Å². The average Bonchev–Trinajstić information content (AvgIpc) is 2.97. The van der Waals surface area contributed by atoms with Crippen LogP contribution in [0.15, 0.2) is 109 Å². The zero-order valence-corrected chi connectivity index (χ0v) is 21.5. The monoisotopic (exact) mass is 510 g/mol. The molecule has 0 aliphatic carbocycles. The van der Waals surface area contributed by atoms with Crippen molar-refractivity contribution in [3.63, 3.8) is 0 Å². The normalized spacial score (nSPS) is 12.4. The summed E-state index contributed by atoms with van der Waals surface area (Å²) >= 11 is 0. The lowest BCUT2D eigenvalue weighted by Crippen LogP contribution is -2.48. The van der Waals surface area contributed by atoms with Crippen molar-refractivity contribution >= 4 is 5.91 Å². The third-order valence-corrected chi connectivity index (χ3v) is 6.26. The topological polar surface area (TPSA) is 79.8 Å². The van der Waals surface area contributed by atoms with E-state index in [1.54, 1.807) is 31.4 Å². The van der Waals surface area contributed by atoms with Crippen LogP contribution in [0.5, 0.6) is 11.5 Å². The fourth-order valence-electron chi connectivity index (χ4n) is 4.14. The van der Waals surface area contributed by atoms with Crippen molar-refractivity contribution in [1.82, 2.24) is 10.6 Å². The Hall–Kier alpha value is -4.13. The van der Waals surface area contributed by atoms with Crippen molar-refractivity contribution in [3.05, 3.63) is 131 Å². The van der Waals surface area contributed by atoms with Crippen LogP contribution in [0.3, 0.4) is 0 Å². The minimum atomic E-state index is -0.793. The van der Waals surface area contributed by atoms with Gasteiger partial charge in [0.2, 0.25) is 0 Å². The molecule has 0 spiro atoms. The third kappa shape index (κ3) is 8.20. The Morgan fingerprint density at radius 3 is 2.13 bits per heavy atom. The number of ether oxygens (including phenoxy) is 2. The summed E-state index contributed by atoms with van der Waals surface area (Å²) in [5, 5.41) is 17.4. The van der Waals surface area contributed by atoms with Crippen LogP contribution in [0.4, 0.5) is 0 Å². The molecule has 0 aliphatic rings. The SMILES string of the molecule is COc1cccc(CNCC(O)C(Cc2ccccc2)NC(=O)c2ccc(OCc3ccccc3)cc2)c1. The molecule has 0 heterocycles. The summed E-state index contributed by atoms with van der Waals surface area (Å²) in [4.78, 5) is 13.1. The summed E-state index contributed by atoms with van der Waals surface area (Å²) < 4.78 is 11.1. The molecule has 3 N–H and O–H groups in total. The van der Waals surface area contributed by atoms with Gasteiger partial charge in [0.05, 0.1) is 19.3 Å². The minimum Gasteiger partial charge on any atom is -0.497 e. The van der Waals surface area contributed by atoms with E-state index in [0.29, 0.717) is 37.4 Å². The number of amides is 1. The molecule has 6 nitrogen and oxygen atoms in total. The van der Waals surface area contributed by atoms with E-state index in [0.717, 1.165) is 22.4 Å². The molecule has 0 aromatic heterocycles. The molecule has 196 valence electrons. The molecule has 38 heavy (non-hydrogen) atoms. The second-order valence-corrected chi connectivity index (χ2v) is 9.12. The van der Waals surface area contributed by atoms with Gasteiger partial charge >= 0.3 is 0 Å². The van der Waals surface area contributed by atoms with E-state index in [2.05, 4.69) is 10.6 Å². The summed E-state index contributed by atoms with van der Waals surface area (Å²) in [6, 6.07) is 34.1. The van der Waals surface area contributed by atoms with Gasteiger partial charge < -0.3 is 25.2 Å². The average molecular weight is 511 g/mol. The lowest BCUT2D eigenvalue weighted by Gasteiger charge is -2.25. The second kappa shape index (κ2) is 14.0. The summed E-state index contributed by atoms with van der Waals surface area (Å²) in [6.45, 7) is 1.35. The van der Waals surface area contributed by atoms with Gasteiger partial charge in [-0.25, -0.2) is 0 Å². The van der Waals surface area contributed by atoms with Gasteiger partial charge in [0.1, 0.15) is 18.1 Å². The largest absolute Gasteiger partial charge is 0.497 e. The van der Waals surface area contributed by atoms with Crippen LogP contribution in [0, 0.1) is 0 Å². The molecule has 0 saturated carbocycles. The summed E-state index contributed by atoms with van der Waals surface area (Å²) in [5.41, 5.74) is 3.67. The first kappa shape index (κ1) is 26.9. The second-order valence-electron chi connectivity index (χ2n) is 9.12. The van der Waals surface area contributed by atoms with E-state index in [4.69, 9.17) is 9.47 Å². The van der Waals surface area contributed by atoms with Crippen LogP contribution in [0.1, 0.15) is 27.0 Å². The number of aliphatic hydroxyl groups is 1. The Kier molecular flexibility index (Phi) is 9.90. The molecule has 4 rings (SSSR count). The minimum absolute atomic E-state index is 0.243. The van der Waals surface area contributed by atoms with Gasteiger partial charge in [-0.3, -0.25) is 4.79 Å². The molecule has 0 saturated heterocycles. The van der Waals surface area contributed by atoms with Gasteiger partial charge in [0.25, 0.3) is 5.91 Å². The van der Waals surface area contributed by atoms with Crippen molar-refractivity contribution in [2.45, 2.75) is 31.7 Å². The lowest BCUT2D eigenvalue weighted by molar-refractivity contribution is 0.0830. The predicted octanol–water partition coefficient (Wildman–Crippen LogP) is 4.77. The van der Waals surface area contributed by atoms with Gasteiger partial charge in [0.15, 0.2) is 0 Å². The highest BCUT2D eigenvalue weighted by atomic mass is 16.5. The molecule has 1 amide bonds. The molecular weight excluding hydrogens is 476 g/mol. The van der Waals surface area contributed by atoms with Crippen LogP contribution in [-0.2, 0) is 19.6 Å². The molecule has 2 unspecified atom stereocenters. The number of carbonyl (C=O) groups excluding carboxylic acids is 1. The number of hydrogen-bond acceptors (Lipinski definition) is 5. The molecule has 0 aliphatic heterocycles. The maximum absolute atomic E-state index is 13.1. The van der Waals surface area contributed by atoms with Crippen molar-refractivity contribution in [1.29, 1.82) is 0 Å². The van der Waals surface area contributed by atoms with Crippen molar-refractivity contribution in [2.24, 2.45) is 0 Å². The Labute approximate surface area is 224 Å². The number of carbonyl (C=O) groups is 1. The van der Waals surface area contributed by atoms with E-state index >= 15 is 0 Å². The number of hydrogen-bond donors (Lipinski definition) is 3. The van der Waals surface area contributed by atoms with E-state index in [9.17, 15) is 9.90 Å². The lowest BCUT2D eigenvalue weighted by atomic mass is 10.0. The Balaban J connectivity index is 1.36. The number of nitrogens with one attached hydrogen (secondary N) is 2. The van der Waals surface area contributed by atoms with Gasteiger partial charge in [-0.05, 0) is 59.5 Å². The van der Waals surface area contributed by atoms with Crippen molar-refractivity contribution in [3.8, 4) is 11.5 Å². The smallest absolute Gasteiger partial charge is 0.251 e. The van der Waals surface area contributed by atoms with E-state index in [-0.39, 0.29) is 5.91 Å². The molecule has 6 heteroatoms. The maximum Gasteiger partial charge on any atom is 0.251 e. The Morgan fingerprint density at radius 2 is 1.45 bits per heavy atom. The number of methoxy groups -OCH3 is 1. The summed E-state index contributed by atoms with van der Waals surface area (Å²) in [5.74, 6) is 1.23. The first-order valence-electron chi connectivity index (χ1n) is 12.7. The molecule has 2 atom stereocenters. The van der Waals surface area contributed by atoms with Crippen molar-refractivity contribution in [2.75, 3.05) is 13.7 Å². The summed E-state index contributed by atoms with van der Waals surface area (Å²) in [6.07, 6.45) is -0.286. The highest BCUT2D eigenvalue weighted by molar-refractivity contribution is 5.94. The van der Waals surface area contributed by atoms with Crippen molar-refractivity contribution < 1.29 is 19.4 Å². The van der Waals surface area contributed by atoms with E-state index in [1.165, 1.54) is 0 Å². The molecule has 4 aromatic carbocycles. The van der Waals surface area contributed by atoms with Crippen LogP contribution in [-0.4, -0.2) is 36.8 Å². The van der Waals surface area contributed by atoms with Gasteiger partial charge in [-0.2, -0.15) is 0 Å². The van der Waals surface area contributed by atoms with Crippen LogP contribution < -0.4 is 20.1 Å². The molecule has 0 radical (unpaired) electrons. The number of aliphatic hydroxyl groups excluding tert-OH is 1. The maximum atomic E-state index is 13.1. The first-order valence-corrected chi connectivity index (χ1v) is 12.7. The Morgan fingerprint density at radius 1 is 0.789 bits per heavy atom. The molecule has 0 bridgehead atoms. The van der Waals surface area contributed by atoms with E-state index < -0.39 is 12.1 Å². The zero-order valence-electron chi connectivity index (χ0n) is 21.5. The third-order valence-electron chi connectivity index (χ3n) is 6.26. The molecule has 0 fully saturated rings. The fourth-order valence-corrected chi connectivity index (χ4v) is 4.14. The number of benzene rings is 4. The molecule has 4 aromatic rings. The first-order chi connectivity index (χ1) is 18.6. The standard InChI is InChI=1S/C32H34N2O4/c1-37-29-14-8-13-26(19-29)21-33-22-31(35)30(20-24-9-4-2-5-10-24)34-32(36)27-15-17-28(18-16-27)38-23-25-11-6-3-7-12-25/h2-19,30-31,33,35H,20-23H2,1H3,(H,34,36). The van der Waals surface area contributed by atoms with Crippen LogP contribution >= 0.6 is 0 Å². The zero-order chi connectivity index (χ0) is 26.6. The Bertz CT molecular complexity index is 1260. The number of rotatable bonds is 13. The molecular formula is C32H34N2O4. The van der Waals surface area contributed by atoms with Crippen LogP contribution in [0.25, 0.3) is 0 Å². The highest BCUT2D eigenvalue weighted by Gasteiger charge is 2.22. The fraction of sp³-hybridized carbons (Fsp3) is 0.219. The van der Waals surface area contributed by atoms with Gasteiger partial charge in [-0.15, -0.1) is 0 Å². The highest BCUT2D eigenvalue weighted by Crippen LogP contribution is 2.16. The van der Waals surface area contributed by atoms with Crippen LogP contribution in [0.2, 0.25) is 0 Å². The van der Waals surface area contributed by atoms with E-state index in [1.807, 2.05) is 84.9 Å². The summed E-state index contributed by atoms with van der Waals surface area (Å²) in [7, 11) is 1.64. The van der Waals surface area contributed by atoms with Gasteiger partial charge in [-0.1, -0.05) is 72.8 Å². The quantitative estimate of drug-likeness (QED) is 0.242.